The zero-order valence-corrected chi connectivity index (χ0v) is 10.7. The predicted octanol–water partition coefficient (Wildman–Crippen LogP) is 2.40. The van der Waals surface area contributed by atoms with Crippen molar-refractivity contribution in [3.8, 4) is 0 Å². The van der Waals surface area contributed by atoms with Gasteiger partial charge in [0.1, 0.15) is 5.82 Å². The molecule has 5 heteroatoms. The van der Waals surface area contributed by atoms with Crippen LogP contribution >= 0.6 is 11.6 Å². The van der Waals surface area contributed by atoms with Crippen LogP contribution in [-0.4, -0.2) is 27.7 Å². The highest BCUT2D eigenvalue weighted by atomic mass is 35.5. The van der Waals surface area contributed by atoms with Gasteiger partial charge in [0.2, 0.25) is 5.28 Å². The molecule has 1 aromatic heterocycles. The molecule has 0 radical (unpaired) electrons. The van der Waals surface area contributed by atoms with Crippen molar-refractivity contribution in [3.05, 3.63) is 17.0 Å². The van der Waals surface area contributed by atoms with E-state index in [4.69, 9.17) is 11.6 Å². The first-order valence-corrected chi connectivity index (χ1v) is 6.46. The molecular weight excluding hydrogens is 238 g/mol. The van der Waals surface area contributed by atoms with E-state index in [2.05, 4.69) is 15.3 Å². The van der Waals surface area contributed by atoms with Crippen molar-refractivity contribution < 1.29 is 5.11 Å². The number of aliphatic hydroxyl groups excluding tert-OH is 1. The SMILES string of the molecule is Cc1cc(NCC2CCCCC2O)nc(Cl)n1. The Morgan fingerprint density at radius 3 is 2.88 bits per heavy atom. The summed E-state index contributed by atoms with van der Waals surface area (Å²) in [6.45, 7) is 2.63. The molecule has 0 spiro atoms. The van der Waals surface area contributed by atoms with Crippen LogP contribution in [0.15, 0.2) is 6.07 Å². The minimum absolute atomic E-state index is 0.186. The van der Waals surface area contributed by atoms with Crippen LogP contribution in [0.1, 0.15) is 31.4 Å². The van der Waals surface area contributed by atoms with E-state index in [0.29, 0.717) is 5.92 Å². The topological polar surface area (TPSA) is 58.0 Å². The number of aliphatic hydroxyl groups is 1. The zero-order chi connectivity index (χ0) is 12.3. The highest BCUT2D eigenvalue weighted by Crippen LogP contribution is 2.24. The lowest BCUT2D eigenvalue weighted by molar-refractivity contribution is 0.0763. The van der Waals surface area contributed by atoms with Gasteiger partial charge in [0, 0.05) is 24.2 Å². The largest absolute Gasteiger partial charge is 0.393 e. The Labute approximate surface area is 106 Å². The summed E-state index contributed by atoms with van der Waals surface area (Å²) in [5.41, 5.74) is 0.844. The van der Waals surface area contributed by atoms with Crippen molar-refractivity contribution in [2.24, 2.45) is 5.92 Å². The van der Waals surface area contributed by atoms with Gasteiger partial charge in [-0.25, -0.2) is 9.97 Å². The summed E-state index contributed by atoms with van der Waals surface area (Å²) in [4.78, 5) is 8.11. The predicted molar refractivity (Wildman–Crippen MR) is 68.2 cm³/mol. The number of halogens is 1. The van der Waals surface area contributed by atoms with E-state index < -0.39 is 0 Å². The number of aryl methyl sites for hydroxylation is 1. The summed E-state index contributed by atoms with van der Waals surface area (Å²) in [6.07, 6.45) is 4.14. The smallest absolute Gasteiger partial charge is 0.224 e. The van der Waals surface area contributed by atoms with Crippen LogP contribution in [0.4, 0.5) is 5.82 Å². The van der Waals surface area contributed by atoms with E-state index in [0.717, 1.165) is 37.3 Å². The van der Waals surface area contributed by atoms with E-state index >= 15 is 0 Å². The van der Waals surface area contributed by atoms with Gasteiger partial charge in [-0.05, 0) is 31.4 Å². The molecule has 94 valence electrons. The van der Waals surface area contributed by atoms with Crippen LogP contribution in [0, 0.1) is 12.8 Å². The van der Waals surface area contributed by atoms with Crippen molar-refractivity contribution in [2.75, 3.05) is 11.9 Å². The summed E-state index contributed by atoms with van der Waals surface area (Å²) >= 11 is 5.79. The molecule has 2 atom stereocenters. The maximum Gasteiger partial charge on any atom is 0.224 e. The molecule has 1 aliphatic rings. The molecule has 0 bridgehead atoms. The fraction of sp³-hybridized carbons (Fsp3) is 0.667. The number of anilines is 1. The third-order valence-corrected chi connectivity index (χ3v) is 3.41. The lowest BCUT2D eigenvalue weighted by Gasteiger charge is -2.27. The molecule has 2 N–H and O–H groups in total. The lowest BCUT2D eigenvalue weighted by Crippen LogP contribution is -2.30. The van der Waals surface area contributed by atoms with Gasteiger partial charge in [0.05, 0.1) is 6.10 Å². The van der Waals surface area contributed by atoms with Crippen LogP contribution in [0.3, 0.4) is 0 Å². The van der Waals surface area contributed by atoms with Gasteiger partial charge in [-0.3, -0.25) is 0 Å². The summed E-state index contributed by atoms with van der Waals surface area (Å²) in [5, 5.41) is 13.3. The van der Waals surface area contributed by atoms with Gasteiger partial charge >= 0.3 is 0 Å². The summed E-state index contributed by atoms with van der Waals surface area (Å²) in [6, 6.07) is 1.86. The number of aromatic nitrogens is 2. The molecule has 1 fully saturated rings. The van der Waals surface area contributed by atoms with E-state index in [-0.39, 0.29) is 11.4 Å². The van der Waals surface area contributed by atoms with Gasteiger partial charge in [-0.15, -0.1) is 0 Å². The third-order valence-electron chi connectivity index (χ3n) is 3.24. The second-order valence-corrected chi connectivity index (χ2v) is 4.99. The first-order valence-electron chi connectivity index (χ1n) is 6.08. The van der Waals surface area contributed by atoms with Crippen LogP contribution in [0.25, 0.3) is 0 Å². The standard InChI is InChI=1S/C12H18ClN3O/c1-8-6-11(16-12(13)15-8)14-7-9-4-2-3-5-10(9)17/h6,9-10,17H,2-5,7H2,1H3,(H,14,15,16). The summed E-state index contributed by atoms with van der Waals surface area (Å²) in [5.74, 6) is 1.05. The summed E-state index contributed by atoms with van der Waals surface area (Å²) < 4.78 is 0. The van der Waals surface area contributed by atoms with Crippen molar-refractivity contribution in [1.82, 2.24) is 9.97 Å². The summed E-state index contributed by atoms with van der Waals surface area (Å²) in [7, 11) is 0. The first-order chi connectivity index (χ1) is 8.15. The van der Waals surface area contributed by atoms with E-state index in [1.54, 1.807) is 0 Å². The lowest BCUT2D eigenvalue weighted by atomic mass is 9.86. The van der Waals surface area contributed by atoms with Crippen LogP contribution in [0.2, 0.25) is 5.28 Å². The highest BCUT2D eigenvalue weighted by molar-refractivity contribution is 6.28. The van der Waals surface area contributed by atoms with Gasteiger partial charge < -0.3 is 10.4 Å². The molecular formula is C12H18ClN3O. The molecule has 2 rings (SSSR count). The molecule has 0 saturated heterocycles. The molecule has 2 unspecified atom stereocenters. The molecule has 17 heavy (non-hydrogen) atoms. The maximum absolute atomic E-state index is 9.86. The van der Waals surface area contributed by atoms with Crippen molar-refractivity contribution >= 4 is 17.4 Å². The molecule has 1 aromatic rings. The number of nitrogens with one attached hydrogen (secondary N) is 1. The second kappa shape index (κ2) is 5.65. The Hall–Kier alpha value is -0.870. The Morgan fingerprint density at radius 2 is 2.18 bits per heavy atom. The van der Waals surface area contributed by atoms with Crippen LogP contribution < -0.4 is 5.32 Å². The van der Waals surface area contributed by atoms with E-state index in [1.807, 2.05) is 13.0 Å². The average molecular weight is 256 g/mol. The third kappa shape index (κ3) is 3.54. The monoisotopic (exact) mass is 255 g/mol. The highest BCUT2D eigenvalue weighted by Gasteiger charge is 2.22. The molecule has 1 aliphatic carbocycles. The van der Waals surface area contributed by atoms with E-state index in [1.165, 1.54) is 6.42 Å². The Morgan fingerprint density at radius 1 is 1.41 bits per heavy atom. The van der Waals surface area contributed by atoms with Gasteiger partial charge in [0.25, 0.3) is 0 Å². The fourth-order valence-corrected chi connectivity index (χ4v) is 2.51. The van der Waals surface area contributed by atoms with Gasteiger partial charge in [-0.1, -0.05) is 12.8 Å². The quantitative estimate of drug-likeness (QED) is 0.815. The molecule has 4 nitrogen and oxygen atoms in total. The average Bonchev–Trinajstić information content (AvgIpc) is 2.27. The van der Waals surface area contributed by atoms with Gasteiger partial charge in [-0.2, -0.15) is 0 Å². The number of hydrogen-bond donors (Lipinski definition) is 2. The van der Waals surface area contributed by atoms with Crippen molar-refractivity contribution in [1.29, 1.82) is 0 Å². The molecule has 1 heterocycles. The van der Waals surface area contributed by atoms with Crippen molar-refractivity contribution in [2.45, 2.75) is 38.7 Å². The Bertz CT molecular complexity index is 366. The van der Waals surface area contributed by atoms with E-state index in [9.17, 15) is 5.11 Å². The molecule has 0 amide bonds. The number of rotatable bonds is 3. The molecule has 0 aliphatic heterocycles. The minimum atomic E-state index is -0.186. The zero-order valence-electron chi connectivity index (χ0n) is 9.99. The molecule has 0 aromatic carbocycles. The Kier molecular flexibility index (Phi) is 4.18. The Balaban J connectivity index is 1.92. The second-order valence-electron chi connectivity index (χ2n) is 4.66. The number of hydrogen-bond acceptors (Lipinski definition) is 4. The van der Waals surface area contributed by atoms with Crippen LogP contribution in [0.5, 0.6) is 0 Å². The fourth-order valence-electron chi connectivity index (χ4n) is 2.28. The minimum Gasteiger partial charge on any atom is -0.393 e. The normalized spacial score (nSPS) is 24.6. The van der Waals surface area contributed by atoms with Gasteiger partial charge in [0.15, 0.2) is 0 Å². The first kappa shape index (κ1) is 12.6. The molecule has 1 saturated carbocycles. The maximum atomic E-state index is 9.86. The van der Waals surface area contributed by atoms with Crippen LogP contribution in [-0.2, 0) is 0 Å². The number of nitrogens with zero attached hydrogens (tertiary/aromatic N) is 2. The van der Waals surface area contributed by atoms with Crippen molar-refractivity contribution in [3.63, 3.8) is 0 Å².